The van der Waals surface area contributed by atoms with Gasteiger partial charge in [0.15, 0.2) is 0 Å². The van der Waals surface area contributed by atoms with E-state index in [2.05, 4.69) is 10.6 Å². The summed E-state index contributed by atoms with van der Waals surface area (Å²) < 4.78 is 53.9. The lowest BCUT2D eigenvalue weighted by molar-refractivity contribution is -0.120. The van der Waals surface area contributed by atoms with Gasteiger partial charge in [0, 0.05) is 36.1 Å². The van der Waals surface area contributed by atoms with Crippen molar-refractivity contribution in [2.75, 3.05) is 23.7 Å². The number of nitrogens with zero attached hydrogens (tertiary/aromatic N) is 1. The average molecular weight is 472 g/mol. The SMILES string of the molecule is O=C(Nc1ccc(Nc2ccccc2)cc1)C1CCN(S(=O)(=O)c2cc(F)ccc2F)CC1. The Balaban J connectivity index is 1.33. The van der Waals surface area contributed by atoms with Gasteiger partial charge in [0.25, 0.3) is 0 Å². The zero-order chi connectivity index (χ0) is 23.4. The van der Waals surface area contributed by atoms with Crippen LogP contribution in [0, 0.1) is 17.6 Å². The van der Waals surface area contributed by atoms with Crippen molar-refractivity contribution < 1.29 is 22.0 Å². The van der Waals surface area contributed by atoms with Crippen LogP contribution in [0.3, 0.4) is 0 Å². The van der Waals surface area contributed by atoms with Crippen LogP contribution in [-0.2, 0) is 14.8 Å². The second-order valence-corrected chi connectivity index (χ2v) is 9.72. The van der Waals surface area contributed by atoms with E-state index in [1.807, 2.05) is 42.5 Å². The first-order chi connectivity index (χ1) is 15.8. The van der Waals surface area contributed by atoms with Crippen LogP contribution >= 0.6 is 0 Å². The molecule has 2 N–H and O–H groups in total. The number of sulfonamides is 1. The van der Waals surface area contributed by atoms with Gasteiger partial charge in [0.2, 0.25) is 15.9 Å². The number of halogens is 2. The molecule has 33 heavy (non-hydrogen) atoms. The van der Waals surface area contributed by atoms with E-state index in [0.29, 0.717) is 11.8 Å². The Labute approximate surface area is 191 Å². The van der Waals surface area contributed by atoms with Crippen molar-refractivity contribution in [3.63, 3.8) is 0 Å². The summed E-state index contributed by atoms with van der Waals surface area (Å²) >= 11 is 0. The Morgan fingerprint density at radius 2 is 1.45 bits per heavy atom. The lowest BCUT2D eigenvalue weighted by atomic mass is 9.97. The fourth-order valence-electron chi connectivity index (χ4n) is 3.74. The van der Waals surface area contributed by atoms with Crippen molar-refractivity contribution >= 4 is 33.0 Å². The minimum Gasteiger partial charge on any atom is -0.356 e. The van der Waals surface area contributed by atoms with E-state index < -0.39 is 26.6 Å². The molecule has 0 aromatic heterocycles. The van der Waals surface area contributed by atoms with Gasteiger partial charge in [-0.3, -0.25) is 4.79 Å². The average Bonchev–Trinajstić information content (AvgIpc) is 2.82. The minimum absolute atomic E-state index is 0.0519. The van der Waals surface area contributed by atoms with E-state index in [9.17, 15) is 22.0 Å². The van der Waals surface area contributed by atoms with E-state index in [1.165, 1.54) is 0 Å². The number of benzene rings is 3. The second-order valence-electron chi connectivity index (χ2n) is 7.81. The summed E-state index contributed by atoms with van der Waals surface area (Å²) in [6, 6.07) is 19.3. The van der Waals surface area contributed by atoms with Crippen molar-refractivity contribution in [3.8, 4) is 0 Å². The first-order valence-corrected chi connectivity index (χ1v) is 11.9. The molecule has 0 atom stereocenters. The maximum atomic E-state index is 14.0. The third-order valence-corrected chi connectivity index (χ3v) is 7.46. The van der Waals surface area contributed by atoms with Gasteiger partial charge in [-0.1, -0.05) is 18.2 Å². The molecule has 0 radical (unpaired) electrons. The number of rotatable bonds is 6. The van der Waals surface area contributed by atoms with Crippen LogP contribution in [-0.4, -0.2) is 31.7 Å². The number of carbonyl (C=O) groups is 1. The first kappa shape index (κ1) is 22.9. The highest BCUT2D eigenvalue weighted by Crippen LogP contribution is 2.27. The van der Waals surface area contributed by atoms with Crippen LogP contribution < -0.4 is 10.6 Å². The summed E-state index contributed by atoms with van der Waals surface area (Å²) in [7, 11) is -4.17. The summed E-state index contributed by atoms with van der Waals surface area (Å²) in [5.41, 5.74) is 2.46. The standard InChI is InChI=1S/C24H23F2N3O3S/c25-18-6-11-22(26)23(16-18)33(31,32)29-14-12-17(13-15-29)24(30)28-21-9-7-20(8-10-21)27-19-4-2-1-3-5-19/h1-11,16-17,27H,12-15H2,(H,28,30). The predicted octanol–water partition coefficient (Wildman–Crippen LogP) is 4.75. The number of piperidine rings is 1. The van der Waals surface area contributed by atoms with Crippen LogP contribution in [0.2, 0.25) is 0 Å². The first-order valence-electron chi connectivity index (χ1n) is 10.5. The molecular formula is C24H23F2N3O3S. The van der Waals surface area contributed by atoms with E-state index in [4.69, 9.17) is 0 Å². The molecule has 172 valence electrons. The number of carbonyl (C=O) groups excluding carboxylic acids is 1. The monoisotopic (exact) mass is 471 g/mol. The number of hydrogen-bond donors (Lipinski definition) is 2. The van der Waals surface area contributed by atoms with Crippen LogP contribution in [0.15, 0.2) is 77.7 Å². The number of amides is 1. The van der Waals surface area contributed by atoms with E-state index in [0.717, 1.165) is 27.8 Å². The molecule has 0 unspecified atom stereocenters. The maximum Gasteiger partial charge on any atom is 0.246 e. The molecule has 6 nitrogen and oxygen atoms in total. The maximum absolute atomic E-state index is 14.0. The topological polar surface area (TPSA) is 78.5 Å². The molecular weight excluding hydrogens is 448 g/mol. The zero-order valence-corrected chi connectivity index (χ0v) is 18.5. The minimum atomic E-state index is -4.17. The molecule has 0 bridgehead atoms. The highest BCUT2D eigenvalue weighted by atomic mass is 32.2. The quantitative estimate of drug-likeness (QED) is 0.544. The van der Waals surface area contributed by atoms with Gasteiger partial charge < -0.3 is 10.6 Å². The fraction of sp³-hybridized carbons (Fsp3) is 0.208. The van der Waals surface area contributed by atoms with Gasteiger partial charge in [0.1, 0.15) is 16.5 Å². The largest absolute Gasteiger partial charge is 0.356 e. The Morgan fingerprint density at radius 3 is 2.12 bits per heavy atom. The molecule has 0 saturated carbocycles. The summed E-state index contributed by atoms with van der Waals surface area (Å²) in [5.74, 6) is -2.40. The normalized spacial score (nSPS) is 15.2. The van der Waals surface area contributed by atoms with Crippen LogP contribution in [0.5, 0.6) is 0 Å². The molecule has 3 aromatic rings. The Bertz CT molecular complexity index is 1230. The van der Waals surface area contributed by atoms with Crippen molar-refractivity contribution in [3.05, 3.63) is 84.4 Å². The number of hydrogen-bond acceptors (Lipinski definition) is 4. The van der Waals surface area contributed by atoms with Gasteiger partial charge in [0.05, 0.1) is 0 Å². The summed E-state index contributed by atoms with van der Waals surface area (Å²) in [4.78, 5) is 12.0. The Kier molecular flexibility index (Phi) is 6.71. The van der Waals surface area contributed by atoms with Crippen molar-refractivity contribution in [2.24, 2.45) is 5.92 Å². The third-order valence-electron chi connectivity index (χ3n) is 5.55. The van der Waals surface area contributed by atoms with Gasteiger partial charge in [-0.05, 0) is 67.4 Å². The van der Waals surface area contributed by atoms with E-state index >= 15 is 0 Å². The highest BCUT2D eigenvalue weighted by Gasteiger charge is 2.33. The number of para-hydroxylation sites is 1. The predicted molar refractivity (Wildman–Crippen MR) is 123 cm³/mol. The van der Waals surface area contributed by atoms with Crippen LogP contribution in [0.4, 0.5) is 25.8 Å². The summed E-state index contributed by atoms with van der Waals surface area (Å²) in [6.07, 6.45) is 0.575. The van der Waals surface area contributed by atoms with E-state index in [1.54, 1.807) is 12.1 Å². The number of nitrogens with one attached hydrogen (secondary N) is 2. The molecule has 0 spiro atoms. The Hall–Kier alpha value is -3.30. The number of anilines is 3. The molecule has 4 rings (SSSR count). The molecule has 1 amide bonds. The summed E-state index contributed by atoms with van der Waals surface area (Å²) in [6.45, 7) is 0.104. The fourth-order valence-corrected chi connectivity index (χ4v) is 5.29. The zero-order valence-electron chi connectivity index (χ0n) is 17.7. The van der Waals surface area contributed by atoms with Gasteiger partial charge >= 0.3 is 0 Å². The van der Waals surface area contributed by atoms with Crippen LogP contribution in [0.25, 0.3) is 0 Å². The molecule has 1 saturated heterocycles. The molecule has 0 aliphatic carbocycles. The molecule has 1 fully saturated rings. The van der Waals surface area contributed by atoms with E-state index in [-0.39, 0.29) is 37.8 Å². The van der Waals surface area contributed by atoms with Gasteiger partial charge in [-0.25, -0.2) is 17.2 Å². The highest BCUT2D eigenvalue weighted by molar-refractivity contribution is 7.89. The lowest BCUT2D eigenvalue weighted by Gasteiger charge is -2.30. The summed E-state index contributed by atoms with van der Waals surface area (Å²) in [5, 5.41) is 6.12. The molecule has 1 aliphatic heterocycles. The second kappa shape index (κ2) is 9.68. The van der Waals surface area contributed by atoms with Gasteiger partial charge in [-0.15, -0.1) is 0 Å². The Morgan fingerprint density at radius 1 is 0.848 bits per heavy atom. The molecule has 9 heteroatoms. The van der Waals surface area contributed by atoms with Gasteiger partial charge in [-0.2, -0.15) is 4.31 Å². The smallest absolute Gasteiger partial charge is 0.246 e. The van der Waals surface area contributed by atoms with Crippen molar-refractivity contribution in [1.29, 1.82) is 0 Å². The molecule has 3 aromatic carbocycles. The lowest BCUT2D eigenvalue weighted by Crippen LogP contribution is -2.41. The van der Waals surface area contributed by atoms with Crippen molar-refractivity contribution in [1.82, 2.24) is 4.31 Å². The molecule has 1 aliphatic rings. The third kappa shape index (κ3) is 5.37. The van der Waals surface area contributed by atoms with Crippen LogP contribution in [0.1, 0.15) is 12.8 Å². The molecule has 1 heterocycles. The van der Waals surface area contributed by atoms with Crippen molar-refractivity contribution in [2.45, 2.75) is 17.7 Å².